The largest absolute Gasteiger partial charge is 0.367 e. The number of benzene rings is 1. The van der Waals surface area contributed by atoms with Crippen molar-refractivity contribution >= 4 is 17.3 Å². The minimum atomic E-state index is -0.367. The number of rotatable bonds is 3. The number of anilines is 1. The van der Waals surface area contributed by atoms with Crippen molar-refractivity contribution in [1.29, 1.82) is 0 Å². The standard InChI is InChI=1S/C17H25ClFN3/c18-15-12-14(4-5-16(15)19)21-17(8-2-1-3-9-17)22-10-6-13(20)7-11-22/h4-5,12-13,21H,1-3,6-11,20H2. The van der Waals surface area contributed by atoms with Crippen LogP contribution in [0.4, 0.5) is 10.1 Å². The predicted molar refractivity (Wildman–Crippen MR) is 89.6 cm³/mol. The average Bonchev–Trinajstić information content (AvgIpc) is 2.52. The van der Waals surface area contributed by atoms with Gasteiger partial charge >= 0.3 is 0 Å². The summed E-state index contributed by atoms with van der Waals surface area (Å²) in [4.78, 5) is 2.55. The van der Waals surface area contributed by atoms with Crippen LogP contribution in [-0.4, -0.2) is 29.7 Å². The number of nitrogens with one attached hydrogen (secondary N) is 1. The number of likely N-dealkylation sites (tertiary alicyclic amines) is 1. The summed E-state index contributed by atoms with van der Waals surface area (Å²) in [7, 11) is 0. The molecule has 22 heavy (non-hydrogen) atoms. The van der Waals surface area contributed by atoms with Crippen molar-refractivity contribution in [2.45, 2.75) is 56.7 Å². The molecule has 1 heterocycles. The van der Waals surface area contributed by atoms with Gasteiger partial charge in [-0.05, 0) is 56.7 Å². The number of halogens is 2. The lowest BCUT2D eigenvalue weighted by Crippen LogP contribution is -2.59. The van der Waals surface area contributed by atoms with Crippen LogP contribution in [0.5, 0.6) is 0 Å². The quantitative estimate of drug-likeness (QED) is 0.883. The van der Waals surface area contributed by atoms with Crippen molar-refractivity contribution in [3.05, 3.63) is 29.0 Å². The number of hydrogen-bond donors (Lipinski definition) is 2. The molecular weight excluding hydrogens is 301 g/mol. The van der Waals surface area contributed by atoms with Gasteiger partial charge in [-0.3, -0.25) is 4.90 Å². The van der Waals surface area contributed by atoms with Crippen molar-refractivity contribution in [2.24, 2.45) is 5.73 Å². The molecule has 2 fully saturated rings. The summed E-state index contributed by atoms with van der Waals surface area (Å²) in [6.45, 7) is 2.06. The molecule has 0 unspecified atom stereocenters. The molecular formula is C17H25ClFN3. The average molecular weight is 326 g/mol. The monoisotopic (exact) mass is 325 g/mol. The van der Waals surface area contributed by atoms with Gasteiger partial charge in [-0.25, -0.2) is 4.39 Å². The minimum Gasteiger partial charge on any atom is -0.367 e. The normalized spacial score (nSPS) is 23.4. The van der Waals surface area contributed by atoms with Gasteiger partial charge in [-0.1, -0.05) is 18.0 Å². The third-order valence-corrected chi connectivity index (χ3v) is 5.41. The Bertz CT molecular complexity index is 509. The fraction of sp³-hybridized carbons (Fsp3) is 0.647. The van der Waals surface area contributed by atoms with Gasteiger partial charge in [0.1, 0.15) is 5.82 Å². The maximum atomic E-state index is 13.4. The zero-order valence-electron chi connectivity index (χ0n) is 13.0. The highest BCUT2D eigenvalue weighted by Crippen LogP contribution is 2.36. The molecule has 3 rings (SSSR count). The number of nitrogens with two attached hydrogens (primary N) is 1. The fourth-order valence-corrected chi connectivity index (χ4v) is 4.01. The van der Waals surface area contributed by atoms with Gasteiger partial charge in [0.15, 0.2) is 0 Å². The molecule has 3 N–H and O–H groups in total. The first-order valence-electron chi connectivity index (χ1n) is 8.33. The zero-order valence-corrected chi connectivity index (χ0v) is 13.7. The smallest absolute Gasteiger partial charge is 0.141 e. The van der Waals surface area contributed by atoms with E-state index in [1.165, 1.54) is 25.3 Å². The minimum absolute atomic E-state index is 0.0282. The Morgan fingerprint density at radius 2 is 1.86 bits per heavy atom. The summed E-state index contributed by atoms with van der Waals surface area (Å²) in [5.74, 6) is -0.367. The summed E-state index contributed by atoms with van der Waals surface area (Å²) in [6.07, 6.45) is 8.09. The summed E-state index contributed by atoms with van der Waals surface area (Å²) in [6, 6.07) is 5.25. The van der Waals surface area contributed by atoms with Crippen LogP contribution in [0, 0.1) is 5.82 Å². The Labute approximate surface area is 137 Å². The van der Waals surface area contributed by atoms with Gasteiger partial charge in [0.25, 0.3) is 0 Å². The number of nitrogens with zero attached hydrogens (tertiary/aromatic N) is 1. The molecule has 1 aromatic rings. The van der Waals surface area contributed by atoms with Crippen molar-refractivity contribution in [1.82, 2.24) is 4.90 Å². The Hall–Kier alpha value is -0.840. The van der Waals surface area contributed by atoms with Crippen LogP contribution in [0.3, 0.4) is 0 Å². The lowest BCUT2D eigenvalue weighted by molar-refractivity contribution is 0.0512. The first-order chi connectivity index (χ1) is 10.6. The molecule has 0 aromatic heterocycles. The van der Waals surface area contributed by atoms with Crippen LogP contribution < -0.4 is 11.1 Å². The molecule has 5 heteroatoms. The highest BCUT2D eigenvalue weighted by Gasteiger charge is 2.39. The topological polar surface area (TPSA) is 41.3 Å². The van der Waals surface area contributed by atoms with E-state index in [1.807, 2.05) is 0 Å². The summed E-state index contributed by atoms with van der Waals surface area (Å²) in [5.41, 5.74) is 6.93. The molecule has 1 aromatic carbocycles. The molecule has 0 amide bonds. The Morgan fingerprint density at radius 1 is 1.18 bits per heavy atom. The van der Waals surface area contributed by atoms with Gasteiger partial charge in [-0.2, -0.15) is 0 Å². The van der Waals surface area contributed by atoms with Crippen LogP contribution in [0.15, 0.2) is 18.2 Å². The first kappa shape index (κ1) is 16.0. The van der Waals surface area contributed by atoms with E-state index in [9.17, 15) is 4.39 Å². The molecule has 1 saturated heterocycles. The van der Waals surface area contributed by atoms with Crippen molar-refractivity contribution in [3.8, 4) is 0 Å². The van der Waals surface area contributed by atoms with Gasteiger partial charge in [-0.15, -0.1) is 0 Å². The van der Waals surface area contributed by atoms with E-state index in [4.69, 9.17) is 17.3 Å². The second-order valence-electron chi connectivity index (χ2n) is 6.67. The van der Waals surface area contributed by atoms with Gasteiger partial charge in [0, 0.05) is 24.8 Å². The third kappa shape index (κ3) is 3.39. The molecule has 0 spiro atoms. The zero-order chi connectivity index (χ0) is 15.6. The molecule has 1 aliphatic carbocycles. The van der Waals surface area contributed by atoms with E-state index in [-0.39, 0.29) is 16.5 Å². The second-order valence-corrected chi connectivity index (χ2v) is 7.08. The SMILES string of the molecule is NC1CCN(C2(Nc3ccc(F)c(Cl)c3)CCCCC2)CC1. The lowest BCUT2D eigenvalue weighted by atomic mass is 9.85. The highest BCUT2D eigenvalue weighted by atomic mass is 35.5. The molecule has 3 nitrogen and oxygen atoms in total. The summed E-state index contributed by atoms with van der Waals surface area (Å²) in [5, 5.41) is 3.86. The van der Waals surface area contributed by atoms with Crippen molar-refractivity contribution in [3.63, 3.8) is 0 Å². The summed E-state index contributed by atoms with van der Waals surface area (Å²) >= 11 is 5.94. The molecule has 0 radical (unpaired) electrons. The Morgan fingerprint density at radius 3 is 2.50 bits per heavy atom. The molecule has 2 aliphatic rings. The van der Waals surface area contributed by atoms with Gasteiger partial charge < -0.3 is 11.1 Å². The molecule has 122 valence electrons. The van der Waals surface area contributed by atoms with Crippen molar-refractivity contribution < 1.29 is 4.39 Å². The fourth-order valence-electron chi connectivity index (χ4n) is 3.83. The van der Waals surface area contributed by atoms with Gasteiger partial charge in [0.2, 0.25) is 0 Å². The molecule has 1 aliphatic heterocycles. The van der Waals surface area contributed by atoms with E-state index in [2.05, 4.69) is 10.2 Å². The van der Waals surface area contributed by atoms with Crippen LogP contribution in [0.1, 0.15) is 44.9 Å². The molecule has 0 atom stereocenters. The summed E-state index contributed by atoms with van der Waals surface area (Å²) < 4.78 is 13.4. The van der Waals surface area contributed by atoms with E-state index < -0.39 is 0 Å². The van der Waals surface area contributed by atoms with Crippen LogP contribution in [-0.2, 0) is 0 Å². The number of hydrogen-bond acceptors (Lipinski definition) is 3. The van der Waals surface area contributed by atoms with Crippen molar-refractivity contribution in [2.75, 3.05) is 18.4 Å². The third-order valence-electron chi connectivity index (χ3n) is 5.12. The Kier molecular flexibility index (Phi) is 4.91. The number of piperidine rings is 1. The second kappa shape index (κ2) is 6.73. The van der Waals surface area contributed by atoms with Crippen LogP contribution >= 0.6 is 11.6 Å². The predicted octanol–water partition coefficient (Wildman–Crippen LogP) is 3.97. The van der Waals surface area contributed by atoms with Crippen LogP contribution in [0.2, 0.25) is 5.02 Å². The van der Waals surface area contributed by atoms with E-state index in [0.717, 1.165) is 44.5 Å². The maximum Gasteiger partial charge on any atom is 0.141 e. The maximum absolute atomic E-state index is 13.4. The lowest BCUT2D eigenvalue weighted by Gasteiger charge is -2.50. The van der Waals surface area contributed by atoms with Gasteiger partial charge in [0.05, 0.1) is 10.7 Å². The van der Waals surface area contributed by atoms with E-state index in [0.29, 0.717) is 6.04 Å². The van der Waals surface area contributed by atoms with E-state index >= 15 is 0 Å². The molecule has 1 saturated carbocycles. The Balaban J connectivity index is 1.80. The highest BCUT2D eigenvalue weighted by molar-refractivity contribution is 6.31. The molecule has 0 bridgehead atoms. The van der Waals surface area contributed by atoms with Crippen LogP contribution in [0.25, 0.3) is 0 Å². The van der Waals surface area contributed by atoms with E-state index in [1.54, 1.807) is 12.1 Å². The first-order valence-corrected chi connectivity index (χ1v) is 8.71.